The zero-order chi connectivity index (χ0) is 21.1. The van der Waals surface area contributed by atoms with Gasteiger partial charge in [-0.25, -0.2) is 9.38 Å². The van der Waals surface area contributed by atoms with E-state index in [1.165, 1.54) is 6.08 Å². The molecule has 30 heavy (non-hydrogen) atoms. The molecule has 1 atom stereocenters. The molecule has 1 unspecified atom stereocenters. The van der Waals surface area contributed by atoms with E-state index in [1.807, 2.05) is 0 Å². The van der Waals surface area contributed by atoms with Gasteiger partial charge in [0, 0.05) is 5.25 Å². The number of nitrogens with zero attached hydrogens (tertiary/aromatic N) is 3. The number of amides is 2. The van der Waals surface area contributed by atoms with E-state index >= 15 is 0 Å². The molecule has 4 aliphatic rings. The van der Waals surface area contributed by atoms with E-state index < -0.39 is 11.7 Å². The van der Waals surface area contributed by atoms with Gasteiger partial charge in [0.2, 0.25) is 11.8 Å². The lowest BCUT2D eigenvalue weighted by molar-refractivity contribution is -0.122. The van der Waals surface area contributed by atoms with Crippen molar-refractivity contribution in [1.82, 2.24) is 10.2 Å². The predicted octanol–water partition coefficient (Wildman–Crippen LogP) is 1.95. The number of nitrogens with two attached hydrogens (primary N) is 1. The molecule has 0 bridgehead atoms. The molecule has 7 nitrogen and oxygen atoms in total. The first-order chi connectivity index (χ1) is 14.5. The molecule has 1 saturated heterocycles. The Balaban J connectivity index is 1.38. The first kappa shape index (κ1) is 21.2. The summed E-state index contributed by atoms with van der Waals surface area (Å²) >= 11 is 1.74. The third kappa shape index (κ3) is 5.18. The second kappa shape index (κ2) is 9.43. The van der Waals surface area contributed by atoms with Gasteiger partial charge in [-0.3, -0.25) is 19.5 Å². The molecule has 9 heteroatoms. The van der Waals surface area contributed by atoms with E-state index in [9.17, 15) is 14.0 Å². The zero-order valence-electron chi connectivity index (χ0n) is 17.0. The molecule has 2 aliphatic heterocycles. The Morgan fingerprint density at radius 2 is 2.00 bits per heavy atom. The summed E-state index contributed by atoms with van der Waals surface area (Å²) in [5.41, 5.74) is 6.29. The fourth-order valence-corrected chi connectivity index (χ4v) is 5.51. The number of hydrogen-bond acceptors (Lipinski definition) is 6. The second-order valence-corrected chi connectivity index (χ2v) is 9.61. The molecular weight excluding hydrogens is 405 g/mol. The van der Waals surface area contributed by atoms with Crippen LogP contribution in [0.3, 0.4) is 0 Å². The summed E-state index contributed by atoms with van der Waals surface area (Å²) in [6.07, 6.45) is 9.45. The smallest absolute Gasteiger partial charge is 0.241 e. The minimum atomic E-state index is -0.960. The Kier molecular flexibility index (Phi) is 6.67. The Hall–Kier alpha value is -2.00. The number of carbonyl (C=O) groups is 2. The van der Waals surface area contributed by atoms with E-state index in [0.29, 0.717) is 34.8 Å². The minimum Gasteiger partial charge on any atom is -0.369 e. The van der Waals surface area contributed by atoms with Gasteiger partial charge in [0.05, 0.1) is 29.7 Å². The van der Waals surface area contributed by atoms with Crippen molar-refractivity contribution in [2.75, 3.05) is 25.4 Å². The molecule has 162 valence electrons. The maximum absolute atomic E-state index is 14.6. The summed E-state index contributed by atoms with van der Waals surface area (Å²) in [5.74, 6) is -0.972. The van der Waals surface area contributed by atoms with Gasteiger partial charge in [0.25, 0.3) is 0 Å². The van der Waals surface area contributed by atoms with Crippen molar-refractivity contribution in [1.29, 1.82) is 0 Å². The van der Waals surface area contributed by atoms with Crippen LogP contribution in [0.5, 0.6) is 0 Å². The molecule has 3 N–H and O–H groups in total. The molecule has 0 aromatic rings. The number of piperidine rings is 1. The lowest BCUT2D eigenvalue weighted by atomic mass is 9.94. The van der Waals surface area contributed by atoms with Crippen LogP contribution in [-0.4, -0.2) is 64.9 Å². The number of allylic oxidation sites excluding steroid dienone is 2. The molecule has 0 aromatic heterocycles. The summed E-state index contributed by atoms with van der Waals surface area (Å²) in [6, 6.07) is 0.245. The minimum absolute atomic E-state index is 0.245. The lowest BCUT2D eigenvalue weighted by Crippen LogP contribution is -2.43. The Morgan fingerprint density at radius 1 is 1.27 bits per heavy atom. The number of thioether (sulfide) groups is 1. The molecular formula is C21H28FN5O2S. The summed E-state index contributed by atoms with van der Waals surface area (Å²) in [6.45, 7) is 1.98. The van der Waals surface area contributed by atoms with Crippen molar-refractivity contribution < 1.29 is 14.0 Å². The van der Waals surface area contributed by atoms with Crippen LogP contribution in [0.25, 0.3) is 0 Å². The first-order valence-corrected chi connectivity index (χ1v) is 11.7. The number of hydrogen-bond donors (Lipinski definition) is 2. The number of halogens is 1. The topological polar surface area (TPSA) is 100 Å². The maximum Gasteiger partial charge on any atom is 0.241 e. The number of aliphatic imine (C=N–C) groups is 2. The predicted molar refractivity (Wildman–Crippen MR) is 117 cm³/mol. The molecule has 2 heterocycles. The van der Waals surface area contributed by atoms with Gasteiger partial charge >= 0.3 is 0 Å². The standard InChI is InChI=1S/C21H28FN5O2S/c22-16-9-14(24-13-3-1-2-4-13)10-17-20(16)21(29)26-19(25-17)12-30-15-5-7-27(8-6-15)11-18(23)28/h9-10,13,15,20H,1-8,11-12H2,(H2,23,28)(H,25,26,29). The van der Waals surface area contributed by atoms with Crippen LogP contribution in [0.2, 0.25) is 0 Å². The molecule has 1 saturated carbocycles. The van der Waals surface area contributed by atoms with Crippen LogP contribution in [0.4, 0.5) is 4.39 Å². The molecule has 4 rings (SSSR count). The summed E-state index contributed by atoms with van der Waals surface area (Å²) < 4.78 is 14.6. The van der Waals surface area contributed by atoms with Gasteiger partial charge in [-0.15, -0.1) is 0 Å². The number of likely N-dealkylation sites (tertiary alicyclic amines) is 1. The van der Waals surface area contributed by atoms with Gasteiger partial charge in [0.1, 0.15) is 17.6 Å². The SMILES string of the molecule is NC(=O)CN1CCC(SCC2=NC3=CC(=NC4CCCC4)C=C(F)C3C(=O)N2)CC1. The zero-order valence-corrected chi connectivity index (χ0v) is 17.8. The van der Waals surface area contributed by atoms with Crippen molar-refractivity contribution in [2.45, 2.75) is 49.8 Å². The van der Waals surface area contributed by atoms with Gasteiger partial charge in [-0.05, 0) is 50.9 Å². The third-order valence-electron chi connectivity index (χ3n) is 5.97. The Labute approximate surface area is 180 Å². The fraction of sp³-hybridized carbons (Fsp3) is 0.619. The number of carbonyl (C=O) groups excluding carboxylic acids is 2. The molecule has 2 fully saturated rings. The van der Waals surface area contributed by atoms with Crippen molar-refractivity contribution in [3.63, 3.8) is 0 Å². The van der Waals surface area contributed by atoms with E-state index in [4.69, 9.17) is 5.73 Å². The number of amidine groups is 1. The van der Waals surface area contributed by atoms with Crippen LogP contribution in [-0.2, 0) is 9.59 Å². The third-order valence-corrected chi connectivity index (χ3v) is 7.36. The van der Waals surface area contributed by atoms with Crippen molar-refractivity contribution in [3.05, 3.63) is 23.7 Å². The van der Waals surface area contributed by atoms with Crippen molar-refractivity contribution in [2.24, 2.45) is 21.6 Å². The van der Waals surface area contributed by atoms with Gasteiger partial charge in [0.15, 0.2) is 0 Å². The normalized spacial score (nSPS) is 27.4. The highest BCUT2D eigenvalue weighted by Crippen LogP contribution is 2.32. The van der Waals surface area contributed by atoms with E-state index in [0.717, 1.165) is 51.6 Å². The number of rotatable bonds is 6. The number of nitrogens with one attached hydrogen (secondary N) is 1. The highest BCUT2D eigenvalue weighted by Gasteiger charge is 2.35. The molecule has 2 amide bonds. The van der Waals surface area contributed by atoms with E-state index in [2.05, 4.69) is 20.2 Å². The van der Waals surface area contributed by atoms with Gasteiger partial charge in [-0.2, -0.15) is 11.8 Å². The van der Waals surface area contributed by atoms with Gasteiger partial charge < -0.3 is 11.1 Å². The molecule has 0 radical (unpaired) electrons. The second-order valence-electron chi connectivity index (χ2n) is 8.32. The average molecular weight is 434 g/mol. The molecule has 0 spiro atoms. The number of primary amides is 1. The van der Waals surface area contributed by atoms with E-state index in [-0.39, 0.29) is 17.9 Å². The summed E-state index contributed by atoms with van der Waals surface area (Å²) in [7, 11) is 0. The Bertz CT molecular complexity index is 823. The van der Waals surface area contributed by atoms with Crippen LogP contribution >= 0.6 is 11.8 Å². The van der Waals surface area contributed by atoms with Crippen LogP contribution in [0.15, 0.2) is 33.7 Å². The van der Waals surface area contributed by atoms with Crippen LogP contribution in [0, 0.1) is 5.92 Å². The Morgan fingerprint density at radius 3 is 2.70 bits per heavy atom. The largest absolute Gasteiger partial charge is 0.369 e. The summed E-state index contributed by atoms with van der Waals surface area (Å²) in [4.78, 5) is 34.8. The summed E-state index contributed by atoms with van der Waals surface area (Å²) in [5, 5.41) is 3.20. The van der Waals surface area contributed by atoms with Crippen molar-refractivity contribution in [3.8, 4) is 0 Å². The van der Waals surface area contributed by atoms with Gasteiger partial charge in [-0.1, -0.05) is 12.8 Å². The molecule has 2 aliphatic carbocycles. The van der Waals surface area contributed by atoms with Crippen LogP contribution in [0.1, 0.15) is 38.5 Å². The quantitative estimate of drug-likeness (QED) is 0.669. The first-order valence-electron chi connectivity index (χ1n) is 10.6. The average Bonchev–Trinajstić information content (AvgIpc) is 3.19. The lowest BCUT2D eigenvalue weighted by Gasteiger charge is -2.31. The monoisotopic (exact) mass is 433 g/mol. The highest BCUT2D eigenvalue weighted by molar-refractivity contribution is 8.00. The van der Waals surface area contributed by atoms with Crippen molar-refractivity contribution >= 4 is 35.1 Å². The number of fused-ring (bicyclic) bond motifs is 1. The highest BCUT2D eigenvalue weighted by atomic mass is 32.2. The van der Waals surface area contributed by atoms with Crippen LogP contribution < -0.4 is 11.1 Å². The fourth-order valence-electron chi connectivity index (χ4n) is 4.44. The molecule has 0 aromatic carbocycles. The maximum atomic E-state index is 14.6. The van der Waals surface area contributed by atoms with E-state index in [1.54, 1.807) is 17.8 Å².